The van der Waals surface area contributed by atoms with E-state index in [1.54, 1.807) is 24.7 Å². The molecule has 1 amide bonds. The molecule has 0 unspecified atom stereocenters. The molecule has 0 radical (unpaired) electrons. The Balaban J connectivity index is 1.61. The Labute approximate surface area is 141 Å². The summed E-state index contributed by atoms with van der Waals surface area (Å²) in [6, 6.07) is 5.39. The monoisotopic (exact) mass is 326 g/mol. The summed E-state index contributed by atoms with van der Waals surface area (Å²) in [4.78, 5) is 29.5. The van der Waals surface area contributed by atoms with Gasteiger partial charge in [-0.15, -0.1) is 0 Å². The van der Waals surface area contributed by atoms with Gasteiger partial charge in [-0.1, -0.05) is 6.92 Å². The summed E-state index contributed by atoms with van der Waals surface area (Å²) in [7, 11) is 0. The standard InChI is InChI=1S/C17H22N6O/c1-2-22-9-11-23(12-10-22)17-19-8-5-15(21-17)16(24)20-13-14-3-6-18-7-4-14/h3-8H,2,9-13H2,1H3,(H,20,24). The molecule has 1 N–H and O–H groups in total. The normalized spacial score (nSPS) is 15.3. The maximum Gasteiger partial charge on any atom is 0.270 e. The molecule has 0 aliphatic carbocycles. The van der Waals surface area contributed by atoms with E-state index < -0.39 is 0 Å². The van der Waals surface area contributed by atoms with Crippen LogP contribution < -0.4 is 10.2 Å². The number of hydrogen-bond donors (Lipinski definition) is 1. The zero-order chi connectivity index (χ0) is 16.8. The molecule has 0 saturated carbocycles. The van der Waals surface area contributed by atoms with Crippen molar-refractivity contribution in [2.75, 3.05) is 37.6 Å². The van der Waals surface area contributed by atoms with E-state index in [4.69, 9.17) is 0 Å². The van der Waals surface area contributed by atoms with Crippen LogP contribution in [0.2, 0.25) is 0 Å². The second-order valence-corrected chi connectivity index (χ2v) is 5.70. The number of hydrogen-bond acceptors (Lipinski definition) is 6. The Morgan fingerprint density at radius 1 is 1.12 bits per heavy atom. The molecule has 7 nitrogen and oxygen atoms in total. The molecule has 1 aliphatic heterocycles. The van der Waals surface area contributed by atoms with Crippen LogP contribution in [0.15, 0.2) is 36.8 Å². The van der Waals surface area contributed by atoms with Crippen molar-refractivity contribution < 1.29 is 4.79 Å². The molecule has 2 aromatic rings. The number of likely N-dealkylation sites (N-methyl/N-ethyl adjacent to an activating group) is 1. The lowest BCUT2D eigenvalue weighted by Crippen LogP contribution is -2.46. The Morgan fingerprint density at radius 3 is 2.58 bits per heavy atom. The molecule has 2 aromatic heterocycles. The molecule has 0 bridgehead atoms. The fraction of sp³-hybridized carbons (Fsp3) is 0.412. The number of carbonyl (C=O) groups is 1. The lowest BCUT2D eigenvalue weighted by molar-refractivity contribution is 0.0945. The molecular formula is C17H22N6O. The minimum absolute atomic E-state index is 0.192. The molecule has 0 spiro atoms. The van der Waals surface area contributed by atoms with Crippen LogP contribution in [0.4, 0.5) is 5.95 Å². The third-order valence-electron chi connectivity index (χ3n) is 4.18. The number of aromatic nitrogens is 3. The van der Waals surface area contributed by atoms with Gasteiger partial charge < -0.3 is 15.1 Å². The van der Waals surface area contributed by atoms with E-state index in [1.807, 2.05) is 12.1 Å². The van der Waals surface area contributed by atoms with Gasteiger partial charge in [0.1, 0.15) is 5.69 Å². The smallest absolute Gasteiger partial charge is 0.270 e. The van der Waals surface area contributed by atoms with Gasteiger partial charge in [-0.05, 0) is 30.3 Å². The largest absolute Gasteiger partial charge is 0.347 e. The van der Waals surface area contributed by atoms with Crippen molar-refractivity contribution in [1.82, 2.24) is 25.2 Å². The molecule has 1 aliphatic rings. The van der Waals surface area contributed by atoms with Crippen molar-refractivity contribution in [3.63, 3.8) is 0 Å². The molecule has 7 heteroatoms. The van der Waals surface area contributed by atoms with Gasteiger partial charge in [-0.25, -0.2) is 9.97 Å². The van der Waals surface area contributed by atoms with Crippen molar-refractivity contribution in [2.24, 2.45) is 0 Å². The Morgan fingerprint density at radius 2 is 1.88 bits per heavy atom. The number of pyridine rings is 1. The highest BCUT2D eigenvalue weighted by molar-refractivity contribution is 5.92. The van der Waals surface area contributed by atoms with Crippen LogP contribution in [-0.4, -0.2) is 58.5 Å². The van der Waals surface area contributed by atoms with Crippen LogP contribution in [0.1, 0.15) is 23.0 Å². The fourth-order valence-corrected chi connectivity index (χ4v) is 2.66. The first-order valence-corrected chi connectivity index (χ1v) is 8.23. The van der Waals surface area contributed by atoms with Gasteiger partial charge >= 0.3 is 0 Å². The van der Waals surface area contributed by atoms with E-state index in [0.29, 0.717) is 18.2 Å². The minimum Gasteiger partial charge on any atom is -0.347 e. The van der Waals surface area contributed by atoms with Crippen molar-refractivity contribution >= 4 is 11.9 Å². The first-order chi connectivity index (χ1) is 11.8. The maximum atomic E-state index is 12.3. The number of anilines is 1. The summed E-state index contributed by atoms with van der Waals surface area (Å²) in [5.74, 6) is 0.435. The van der Waals surface area contributed by atoms with Crippen LogP contribution in [-0.2, 0) is 6.54 Å². The summed E-state index contributed by atoms with van der Waals surface area (Å²) in [5, 5.41) is 2.88. The molecular weight excluding hydrogens is 304 g/mol. The zero-order valence-corrected chi connectivity index (χ0v) is 13.9. The fourth-order valence-electron chi connectivity index (χ4n) is 2.66. The quantitative estimate of drug-likeness (QED) is 0.881. The molecule has 0 atom stereocenters. The van der Waals surface area contributed by atoms with E-state index >= 15 is 0 Å². The first kappa shape index (κ1) is 16.3. The van der Waals surface area contributed by atoms with Crippen LogP contribution in [0.25, 0.3) is 0 Å². The van der Waals surface area contributed by atoms with Crippen molar-refractivity contribution in [3.05, 3.63) is 48.0 Å². The van der Waals surface area contributed by atoms with Gasteiger partial charge in [0.25, 0.3) is 5.91 Å². The lowest BCUT2D eigenvalue weighted by Gasteiger charge is -2.34. The van der Waals surface area contributed by atoms with Crippen molar-refractivity contribution in [3.8, 4) is 0 Å². The van der Waals surface area contributed by atoms with E-state index in [1.165, 1.54) is 0 Å². The molecule has 3 rings (SSSR count). The second kappa shape index (κ2) is 7.83. The minimum atomic E-state index is -0.192. The Hall–Kier alpha value is -2.54. The van der Waals surface area contributed by atoms with E-state index in [2.05, 4.69) is 37.0 Å². The summed E-state index contributed by atoms with van der Waals surface area (Å²) >= 11 is 0. The average molecular weight is 326 g/mol. The molecule has 24 heavy (non-hydrogen) atoms. The SMILES string of the molecule is CCN1CCN(c2nccc(C(=O)NCc3ccncc3)n2)CC1. The Bertz CT molecular complexity index is 670. The van der Waals surface area contributed by atoms with Gasteiger partial charge in [-0.2, -0.15) is 0 Å². The number of amides is 1. The summed E-state index contributed by atoms with van der Waals surface area (Å²) < 4.78 is 0. The predicted molar refractivity (Wildman–Crippen MR) is 91.8 cm³/mol. The van der Waals surface area contributed by atoms with Crippen LogP contribution in [0.3, 0.4) is 0 Å². The summed E-state index contributed by atoms with van der Waals surface area (Å²) in [5.41, 5.74) is 1.40. The van der Waals surface area contributed by atoms with Gasteiger partial charge in [0.05, 0.1) is 0 Å². The van der Waals surface area contributed by atoms with Crippen molar-refractivity contribution in [1.29, 1.82) is 0 Å². The van der Waals surface area contributed by atoms with E-state index in [9.17, 15) is 4.79 Å². The molecule has 1 fully saturated rings. The number of nitrogens with zero attached hydrogens (tertiary/aromatic N) is 5. The van der Waals surface area contributed by atoms with Gasteiger partial charge in [0.15, 0.2) is 0 Å². The molecule has 3 heterocycles. The Kier molecular flexibility index (Phi) is 5.32. The molecule has 126 valence electrons. The topological polar surface area (TPSA) is 74.2 Å². The van der Waals surface area contributed by atoms with E-state index in [-0.39, 0.29) is 5.91 Å². The molecule has 1 saturated heterocycles. The maximum absolute atomic E-state index is 12.3. The van der Waals surface area contributed by atoms with Crippen molar-refractivity contribution in [2.45, 2.75) is 13.5 Å². The van der Waals surface area contributed by atoms with Gasteiger partial charge in [-0.3, -0.25) is 9.78 Å². The number of piperazine rings is 1. The van der Waals surface area contributed by atoms with E-state index in [0.717, 1.165) is 38.3 Å². The third kappa shape index (κ3) is 4.05. The summed E-state index contributed by atoms with van der Waals surface area (Å²) in [6.07, 6.45) is 5.07. The predicted octanol–water partition coefficient (Wildman–Crippen LogP) is 0.943. The highest BCUT2D eigenvalue weighted by Crippen LogP contribution is 2.11. The number of nitrogens with one attached hydrogen (secondary N) is 1. The van der Waals surface area contributed by atoms with Crippen LogP contribution in [0.5, 0.6) is 0 Å². The zero-order valence-electron chi connectivity index (χ0n) is 13.9. The number of carbonyl (C=O) groups excluding carboxylic acids is 1. The summed E-state index contributed by atoms with van der Waals surface area (Å²) in [6.45, 7) is 7.45. The third-order valence-corrected chi connectivity index (χ3v) is 4.18. The van der Waals surface area contributed by atoms with Crippen LogP contribution in [0, 0.1) is 0 Å². The average Bonchev–Trinajstić information content (AvgIpc) is 2.67. The highest BCUT2D eigenvalue weighted by atomic mass is 16.1. The van der Waals surface area contributed by atoms with Gasteiger partial charge in [0.2, 0.25) is 5.95 Å². The second-order valence-electron chi connectivity index (χ2n) is 5.70. The van der Waals surface area contributed by atoms with Crippen LogP contribution >= 0.6 is 0 Å². The first-order valence-electron chi connectivity index (χ1n) is 8.23. The number of rotatable bonds is 5. The highest BCUT2D eigenvalue weighted by Gasteiger charge is 2.19. The molecule has 0 aromatic carbocycles. The lowest BCUT2D eigenvalue weighted by atomic mass is 10.2. The van der Waals surface area contributed by atoms with Gasteiger partial charge in [0, 0.05) is 51.3 Å².